The van der Waals surface area contributed by atoms with E-state index >= 15 is 0 Å². The number of benzene rings is 3. The van der Waals surface area contributed by atoms with Gasteiger partial charge in [0.05, 0.1) is 35.1 Å². The summed E-state index contributed by atoms with van der Waals surface area (Å²) in [6, 6.07) is 6.10. The zero-order valence-electron chi connectivity index (χ0n) is 26.9. The Morgan fingerprint density at radius 2 is 1.59 bits per heavy atom. The highest BCUT2D eigenvalue weighted by molar-refractivity contribution is 6.20. The van der Waals surface area contributed by atoms with Gasteiger partial charge in [0, 0.05) is 17.5 Å². The van der Waals surface area contributed by atoms with Gasteiger partial charge >= 0.3 is 11.9 Å². The van der Waals surface area contributed by atoms with Gasteiger partial charge in [0.2, 0.25) is 5.78 Å². The number of esters is 2. The molecule has 7 rings (SSSR count). The maximum absolute atomic E-state index is 14.4. The van der Waals surface area contributed by atoms with Crippen molar-refractivity contribution in [2.75, 3.05) is 7.11 Å². The molecule has 3 aromatic rings. The first-order valence-corrected chi connectivity index (χ1v) is 15.7. The predicted molar refractivity (Wildman–Crippen MR) is 173 cm³/mol. The minimum Gasteiger partial charge on any atom is -0.507 e. The predicted octanol–water partition coefficient (Wildman–Crippen LogP) is 5.45. The summed E-state index contributed by atoms with van der Waals surface area (Å²) < 4.78 is 10.8. The van der Waals surface area contributed by atoms with Gasteiger partial charge in [0.25, 0.3) is 0 Å². The van der Waals surface area contributed by atoms with Crippen molar-refractivity contribution in [1.82, 2.24) is 0 Å². The summed E-state index contributed by atoms with van der Waals surface area (Å²) >= 11 is 0. The molecule has 1 spiro atoms. The van der Waals surface area contributed by atoms with E-state index in [-0.39, 0.29) is 46.4 Å². The van der Waals surface area contributed by atoms with Crippen molar-refractivity contribution in [2.45, 2.75) is 58.0 Å². The number of rotatable bonds is 8. The van der Waals surface area contributed by atoms with Crippen LogP contribution in [0.1, 0.15) is 98.7 Å². The lowest BCUT2D eigenvalue weighted by molar-refractivity contribution is -0.155. The number of ether oxygens (including phenoxy) is 2. The van der Waals surface area contributed by atoms with Gasteiger partial charge in [-0.2, -0.15) is 0 Å². The Balaban J connectivity index is 1.56. The van der Waals surface area contributed by atoms with E-state index in [1.165, 1.54) is 12.1 Å². The molecule has 3 aromatic carbocycles. The Morgan fingerprint density at radius 1 is 0.898 bits per heavy atom. The molecule has 4 aliphatic carbocycles. The molecule has 0 amide bonds. The number of carbonyl (C=O) groups is 4. The third-order valence-corrected chi connectivity index (χ3v) is 9.53. The van der Waals surface area contributed by atoms with E-state index in [0.717, 1.165) is 38.2 Å². The average molecular weight is 671 g/mol. The average Bonchev–Trinajstić information content (AvgIpc) is 3.26. The van der Waals surface area contributed by atoms with E-state index < -0.39 is 86.4 Å². The molecule has 0 unspecified atom stereocenters. The summed E-state index contributed by atoms with van der Waals surface area (Å²) in [5.74, 6) is -9.00. The van der Waals surface area contributed by atoms with Crippen molar-refractivity contribution in [1.29, 1.82) is 0 Å². The molecule has 12 nitrogen and oxygen atoms in total. The van der Waals surface area contributed by atoms with Crippen LogP contribution in [0.3, 0.4) is 0 Å². The Labute approximate surface area is 280 Å². The quantitative estimate of drug-likeness (QED) is 0.0581. The molecule has 3 atom stereocenters. The molecular formula is C37H34O12. The molecule has 0 saturated carbocycles. The lowest BCUT2D eigenvalue weighted by Gasteiger charge is -2.44. The minimum absolute atomic E-state index is 0.0754. The van der Waals surface area contributed by atoms with Crippen LogP contribution in [0.2, 0.25) is 0 Å². The summed E-state index contributed by atoms with van der Waals surface area (Å²) in [4.78, 5) is 54.1. The second-order valence-electron chi connectivity index (χ2n) is 12.6. The van der Waals surface area contributed by atoms with E-state index in [9.17, 15) is 49.8 Å². The topological polar surface area (TPSA) is 208 Å². The molecule has 4 aliphatic rings. The van der Waals surface area contributed by atoms with Crippen molar-refractivity contribution in [3.63, 3.8) is 0 Å². The third-order valence-electron chi connectivity index (χ3n) is 9.53. The van der Waals surface area contributed by atoms with Crippen LogP contribution in [0.4, 0.5) is 0 Å². The van der Waals surface area contributed by atoms with Gasteiger partial charge in [0.1, 0.15) is 51.7 Å². The van der Waals surface area contributed by atoms with Crippen molar-refractivity contribution in [3.8, 4) is 28.7 Å². The van der Waals surface area contributed by atoms with E-state index in [2.05, 4.69) is 4.74 Å². The number of aryl methyl sites for hydroxylation is 1. The number of aliphatic hydroxyl groups is 1. The Bertz CT molecular complexity index is 2040. The third kappa shape index (κ3) is 4.97. The van der Waals surface area contributed by atoms with E-state index in [1.807, 2.05) is 6.92 Å². The fourth-order valence-corrected chi connectivity index (χ4v) is 7.39. The Kier molecular flexibility index (Phi) is 8.13. The van der Waals surface area contributed by atoms with Gasteiger partial charge in [-0.05, 0) is 55.2 Å². The van der Waals surface area contributed by atoms with Crippen molar-refractivity contribution < 1.29 is 59.3 Å². The molecule has 2 bridgehead atoms. The van der Waals surface area contributed by atoms with Gasteiger partial charge in [-0.1, -0.05) is 38.0 Å². The smallest absolute Gasteiger partial charge is 0.342 e. The number of hydrogen-bond donors (Lipinski definition) is 6. The van der Waals surface area contributed by atoms with Crippen molar-refractivity contribution in [3.05, 3.63) is 92.6 Å². The first-order valence-electron chi connectivity index (χ1n) is 15.7. The van der Waals surface area contributed by atoms with Crippen LogP contribution in [0.5, 0.6) is 28.7 Å². The van der Waals surface area contributed by atoms with Gasteiger partial charge in [-0.25, -0.2) is 4.79 Å². The lowest BCUT2D eigenvalue weighted by Crippen LogP contribution is -2.42. The second-order valence-corrected chi connectivity index (χ2v) is 12.6. The molecule has 254 valence electrons. The molecule has 0 aromatic heterocycles. The largest absolute Gasteiger partial charge is 0.507 e. The van der Waals surface area contributed by atoms with Crippen LogP contribution in [-0.4, -0.2) is 61.3 Å². The molecule has 6 N–H and O–H groups in total. The number of aliphatic hydroxyl groups excluding tert-OH is 1. The van der Waals surface area contributed by atoms with Gasteiger partial charge in [-0.15, -0.1) is 0 Å². The minimum atomic E-state index is -1.55. The number of carbonyl (C=O) groups excluding carboxylic acids is 4. The maximum atomic E-state index is 14.4. The number of hydrogen-bond acceptors (Lipinski definition) is 12. The van der Waals surface area contributed by atoms with E-state index in [4.69, 9.17) is 4.74 Å². The van der Waals surface area contributed by atoms with Crippen LogP contribution in [0.15, 0.2) is 48.1 Å². The number of phenolic OH excluding ortho intramolecular Hbond substituents is 5. The molecule has 12 heteroatoms. The normalized spacial score (nSPS) is 20.3. The van der Waals surface area contributed by atoms with E-state index in [1.54, 1.807) is 19.1 Å². The highest BCUT2D eigenvalue weighted by Crippen LogP contribution is 2.62. The number of fused-ring (bicyclic) bond motifs is 1. The molecule has 0 saturated heterocycles. The van der Waals surface area contributed by atoms with Crippen LogP contribution in [0, 0.1) is 12.3 Å². The summed E-state index contributed by atoms with van der Waals surface area (Å²) in [5.41, 5.74) is -3.13. The lowest BCUT2D eigenvalue weighted by atomic mass is 9.61. The number of allylic oxidation sites excluding steroid dienone is 1. The number of ketones is 2. The first kappa shape index (κ1) is 33.1. The zero-order chi connectivity index (χ0) is 35.5. The fraction of sp³-hybridized carbons (Fsp3) is 0.297. The highest BCUT2D eigenvalue weighted by Gasteiger charge is 2.58. The SMILES string of the molecule is CCCCCC(=O)O[C@H]1c2cc(C)cc(O)c2C(O)=C2C(=O)[C@H]3C=C[C@]21Cc1cc(O)c(C(=O)c2c(O)ccc(O)c2C(=O)OC)c(O)c13. The van der Waals surface area contributed by atoms with Gasteiger partial charge in [0.15, 0.2) is 5.78 Å². The summed E-state index contributed by atoms with van der Waals surface area (Å²) in [5, 5.41) is 66.6. The van der Waals surface area contributed by atoms with Crippen LogP contribution in [0.25, 0.3) is 5.76 Å². The van der Waals surface area contributed by atoms with Gasteiger partial charge in [-0.3, -0.25) is 14.4 Å². The zero-order valence-corrected chi connectivity index (χ0v) is 26.9. The van der Waals surface area contributed by atoms with E-state index in [0.29, 0.717) is 12.0 Å². The summed E-state index contributed by atoms with van der Waals surface area (Å²) in [7, 11) is 0.990. The number of aromatic hydroxyl groups is 5. The van der Waals surface area contributed by atoms with Crippen LogP contribution in [-0.2, 0) is 25.5 Å². The molecule has 0 radical (unpaired) electrons. The molecule has 0 fully saturated rings. The molecule has 49 heavy (non-hydrogen) atoms. The van der Waals surface area contributed by atoms with Crippen LogP contribution >= 0.6 is 0 Å². The molecular weight excluding hydrogens is 636 g/mol. The standard InChI is InChI=1S/C37H34O12/c1-4-5-6-7-24(42)49-35-19-12-16(2)13-22(40)26(19)34(46)30-31(43)18-10-11-37(30,35)15-17-14-23(41)29(32(44)25(17)18)33(45)27-20(38)8-9-21(39)28(27)36(47)48-3/h8-14,18,35,38-41,44,46H,4-7,15H2,1-3H3/t18-,35-,37-/m0/s1. The highest BCUT2D eigenvalue weighted by atomic mass is 16.5. The monoisotopic (exact) mass is 670 g/mol. The van der Waals surface area contributed by atoms with Crippen molar-refractivity contribution in [2.24, 2.45) is 5.41 Å². The van der Waals surface area contributed by atoms with Gasteiger partial charge < -0.3 is 40.1 Å². The Hall–Kier alpha value is -5.78. The summed E-state index contributed by atoms with van der Waals surface area (Å²) in [6.45, 7) is 3.69. The second kappa shape index (κ2) is 12.0. The summed E-state index contributed by atoms with van der Waals surface area (Å²) in [6.07, 6.45) is 3.91. The Morgan fingerprint density at radius 3 is 2.27 bits per heavy atom. The molecule has 0 heterocycles. The first-order chi connectivity index (χ1) is 23.3. The van der Waals surface area contributed by atoms with Crippen molar-refractivity contribution >= 4 is 29.3 Å². The van der Waals surface area contributed by atoms with Crippen LogP contribution < -0.4 is 0 Å². The molecule has 0 aliphatic heterocycles. The number of methoxy groups -OCH3 is 1. The number of unbranched alkanes of at least 4 members (excludes halogenated alkanes) is 2. The fourth-order valence-electron chi connectivity index (χ4n) is 7.39. The maximum Gasteiger partial charge on any atom is 0.342 e. The number of Topliss-reactive ketones (excluding diaryl/α,β-unsaturated/α-hetero) is 1. The number of phenols is 5.